The van der Waals surface area contributed by atoms with E-state index in [0.717, 1.165) is 24.3 Å². The van der Waals surface area contributed by atoms with E-state index in [1.54, 1.807) is 0 Å². The Morgan fingerprint density at radius 2 is 0.947 bits per heavy atom. The van der Waals surface area contributed by atoms with Gasteiger partial charge in [0.05, 0.1) is 38.2 Å². The van der Waals surface area contributed by atoms with Crippen LogP contribution in [0.25, 0.3) is 10.8 Å². The van der Waals surface area contributed by atoms with Crippen LogP contribution in [-0.2, 0) is 40.5 Å². The molecule has 1 aromatic heterocycles. The second-order valence-corrected chi connectivity index (χ2v) is 17.0. The van der Waals surface area contributed by atoms with Gasteiger partial charge in [-0.05, 0) is 96.4 Å². The normalized spacial score (nSPS) is 12.7. The molecule has 26 heteroatoms. The predicted molar refractivity (Wildman–Crippen MR) is 199 cm³/mol. The van der Waals surface area contributed by atoms with Gasteiger partial charge in [0.2, 0.25) is 11.9 Å². The molecule has 0 aliphatic rings. The summed E-state index contributed by atoms with van der Waals surface area (Å²) >= 11 is 0. The Kier molecular flexibility index (Phi) is 10.8. The third-order valence-electron chi connectivity index (χ3n) is 7.38. The van der Waals surface area contributed by atoms with Crippen LogP contribution in [0, 0.1) is 0 Å². The number of anilines is 4. The molecular weight excluding hydrogens is 835 g/mol. The number of fused-ring (bicyclic) bond motifs is 1. The molecule has 0 radical (unpaired) electrons. The maximum absolute atomic E-state index is 12.3. The summed E-state index contributed by atoms with van der Waals surface area (Å²) in [6, 6.07) is 18.9. The number of hydrogen-bond acceptors (Lipinski definition) is 18. The fourth-order valence-electron chi connectivity index (χ4n) is 4.85. The van der Waals surface area contributed by atoms with E-state index in [0.29, 0.717) is 17.4 Å². The second-order valence-electron chi connectivity index (χ2n) is 11.4. The van der Waals surface area contributed by atoms with Crippen molar-refractivity contribution in [1.29, 1.82) is 0 Å². The van der Waals surface area contributed by atoms with Crippen LogP contribution < -0.4 is 10.6 Å². The van der Waals surface area contributed by atoms with Gasteiger partial charge in [0.1, 0.15) is 9.79 Å². The minimum Gasteiger partial charge on any atom is -0.479 e. The summed E-state index contributed by atoms with van der Waals surface area (Å²) in [6.07, 6.45) is 0. The van der Waals surface area contributed by atoms with E-state index in [-0.39, 0.29) is 50.3 Å². The summed E-state index contributed by atoms with van der Waals surface area (Å²) in [5, 5.41) is 31.4. The van der Waals surface area contributed by atoms with E-state index in [1.165, 1.54) is 66.7 Å². The van der Waals surface area contributed by atoms with Gasteiger partial charge >= 0.3 is 6.01 Å². The Morgan fingerprint density at radius 3 is 1.51 bits per heavy atom. The first-order valence-electron chi connectivity index (χ1n) is 15.3. The Bertz CT molecular complexity index is 3080. The van der Waals surface area contributed by atoms with E-state index >= 15 is 0 Å². The number of hydrogen-bond donors (Lipinski definition) is 7. The van der Waals surface area contributed by atoms with E-state index in [9.17, 15) is 52.4 Å². The topological polar surface area (TPSA) is 350 Å². The maximum Gasteiger partial charge on any atom is 0.320 e. The zero-order valence-corrected chi connectivity index (χ0v) is 31.3. The summed E-state index contributed by atoms with van der Waals surface area (Å²) in [6.45, 7) is 0. The minimum absolute atomic E-state index is 0.0451. The van der Waals surface area contributed by atoms with E-state index in [2.05, 4.69) is 46.0 Å². The number of rotatable bonds is 12. The quantitative estimate of drug-likeness (QED) is 0.0545. The molecule has 22 nitrogen and oxygen atoms in total. The van der Waals surface area contributed by atoms with Crippen LogP contribution >= 0.6 is 0 Å². The number of nitrogens with one attached hydrogen (secondary N) is 2. The molecule has 6 aromatic rings. The molecule has 0 atom stereocenters. The molecule has 5 aromatic carbocycles. The molecule has 0 saturated heterocycles. The average Bonchev–Trinajstić information content (AvgIpc) is 3.12. The lowest BCUT2D eigenvalue weighted by Crippen LogP contribution is -2.07. The van der Waals surface area contributed by atoms with Crippen molar-refractivity contribution < 1.29 is 57.0 Å². The van der Waals surface area contributed by atoms with Crippen molar-refractivity contribution >= 4 is 97.3 Å². The molecule has 0 fully saturated rings. The van der Waals surface area contributed by atoms with Gasteiger partial charge in [0, 0.05) is 11.1 Å². The van der Waals surface area contributed by atoms with Crippen LogP contribution in [0.3, 0.4) is 0 Å². The number of aromatic hydroxyl groups is 1. The van der Waals surface area contributed by atoms with Crippen molar-refractivity contribution in [1.82, 2.24) is 15.0 Å². The zero-order valence-electron chi connectivity index (χ0n) is 28.0. The third-order valence-corrected chi connectivity index (χ3v) is 10.9. The number of azo groups is 2. The summed E-state index contributed by atoms with van der Waals surface area (Å²) < 4.78 is 132. The summed E-state index contributed by atoms with van der Waals surface area (Å²) in [5.41, 5.74) is 0.664. The standard InChI is InChI=1S/C31H23N9O13S4/c41-31-35-29(34-30(36-31)33-26-12-9-22(15-28(26)57(51,52)53)40-38-20-7-10-23(11-8-20)54(42,43)44)32-18-3-5-19(6-4-18)37-39-21-2-1-17-13-24(55(45,46)47)16-27(25(17)14-21)56(48,49)50/h1-16H,(H,42,43,44)(H,45,46,47)(H,48,49,50)(H,51,52,53)(H3,32,33,34,35,36,41)/b39-37+,40-38+. The van der Waals surface area contributed by atoms with Gasteiger partial charge in [-0.1, -0.05) is 6.07 Å². The Hall–Kier alpha value is -6.39. The van der Waals surface area contributed by atoms with Gasteiger partial charge in [-0.25, -0.2) is 0 Å². The van der Waals surface area contributed by atoms with Crippen LogP contribution in [0.4, 0.5) is 46.0 Å². The Labute approximate surface area is 321 Å². The highest BCUT2D eigenvalue weighted by atomic mass is 32.2. The Morgan fingerprint density at radius 1 is 0.456 bits per heavy atom. The van der Waals surface area contributed by atoms with Crippen LogP contribution in [0.5, 0.6) is 6.01 Å². The van der Waals surface area contributed by atoms with Gasteiger partial charge in [-0.3, -0.25) is 18.2 Å². The van der Waals surface area contributed by atoms with Crippen molar-refractivity contribution in [2.24, 2.45) is 20.5 Å². The highest BCUT2D eigenvalue weighted by molar-refractivity contribution is 7.87. The van der Waals surface area contributed by atoms with Gasteiger partial charge in [0.15, 0.2) is 0 Å². The fraction of sp³-hybridized carbons (Fsp3) is 0. The molecule has 0 amide bonds. The fourth-order valence-corrected chi connectivity index (χ4v) is 7.35. The first-order chi connectivity index (χ1) is 26.6. The molecular formula is C31H23N9O13S4. The zero-order chi connectivity index (χ0) is 41.3. The maximum atomic E-state index is 12.3. The summed E-state index contributed by atoms with van der Waals surface area (Å²) in [4.78, 5) is 9.06. The first kappa shape index (κ1) is 40.3. The largest absolute Gasteiger partial charge is 0.479 e. The summed E-state index contributed by atoms with van der Waals surface area (Å²) in [5.74, 6) is -0.559. The molecule has 0 unspecified atom stereocenters. The van der Waals surface area contributed by atoms with Crippen molar-refractivity contribution in [2.45, 2.75) is 19.6 Å². The van der Waals surface area contributed by atoms with Crippen LogP contribution in [-0.4, -0.2) is 71.9 Å². The molecule has 294 valence electrons. The average molecular weight is 858 g/mol. The second kappa shape index (κ2) is 15.3. The highest BCUT2D eigenvalue weighted by Crippen LogP contribution is 2.33. The minimum atomic E-state index is -4.92. The van der Waals surface area contributed by atoms with Gasteiger partial charge < -0.3 is 15.7 Å². The lowest BCUT2D eigenvalue weighted by atomic mass is 10.1. The van der Waals surface area contributed by atoms with Gasteiger partial charge in [0.25, 0.3) is 40.5 Å². The highest BCUT2D eigenvalue weighted by Gasteiger charge is 2.21. The van der Waals surface area contributed by atoms with E-state index in [1.807, 2.05) is 0 Å². The third kappa shape index (κ3) is 10.1. The van der Waals surface area contributed by atoms with Crippen LogP contribution in [0.1, 0.15) is 0 Å². The van der Waals surface area contributed by atoms with Crippen LogP contribution in [0.2, 0.25) is 0 Å². The number of aromatic nitrogens is 3. The van der Waals surface area contributed by atoms with Crippen LogP contribution in [0.15, 0.2) is 137 Å². The molecule has 0 aliphatic heterocycles. The molecule has 0 aliphatic carbocycles. The molecule has 1 heterocycles. The van der Waals surface area contributed by atoms with Crippen molar-refractivity contribution in [3.05, 3.63) is 97.1 Å². The first-order valence-corrected chi connectivity index (χ1v) is 21.0. The molecule has 7 N–H and O–H groups in total. The van der Waals surface area contributed by atoms with Crippen molar-refractivity contribution in [2.75, 3.05) is 10.6 Å². The Balaban J connectivity index is 1.17. The summed E-state index contributed by atoms with van der Waals surface area (Å²) in [7, 11) is -19.0. The lowest BCUT2D eigenvalue weighted by Gasteiger charge is -2.11. The number of benzene rings is 5. The van der Waals surface area contributed by atoms with Gasteiger partial charge in [-0.15, -0.1) is 0 Å². The van der Waals surface area contributed by atoms with E-state index in [4.69, 9.17) is 4.55 Å². The number of nitrogens with zero attached hydrogens (tertiary/aromatic N) is 7. The SMILES string of the molecule is O=S(=O)(O)c1ccc(/N=N/c2ccc(Nc3nc(O)nc(Nc4ccc(/N=N/c5ccc6cc(S(=O)(=O)O)cc(S(=O)(=O)O)c6c5)cc4)n3)c(S(=O)(=O)O)c2)cc1. The van der Waals surface area contributed by atoms with Gasteiger partial charge in [-0.2, -0.15) is 69.1 Å². The molecule has 0 spiro atoms. The molecule has 0 bridgehead atoms. The van der Waals surface area contributed by atoms with Crippen molar-refractivity contribution in [3.63, 3.8) is 0 Å². The monoisotopic (exact) mass is 857 g/mol. The molecule has 57 heavy (non-hydrogen) atoms. The predicted octanol–water partition coefficient (Wildman–Crippen LogP) is 6.04. The molecule has 6 rings (SSSR count). The smallest absolute Gasteiger partial charge is 0.320 e. The van der Waals surface area contributed by atoms with Crippen molar-refractivity contribution in [3.8, 4) is 6.01 Å². The molecule has 0 saturated carbocycles. The lowest BCUT2D eigenvalue weighted by molar-refractivity contribution is 0.430. The van der Waals surface area contributed by atoms with E-state index < -0.39 is 61.2 Å².